The third kappa shape index (κ3) is 3.84. The number of amides is 2. The number of halogens is 2. The molecule has 0 saturated carbocycles. The van der Waals surface area contributed by atoms with Crippen molar-refractivity contribution in [1.82, 2.24) is 4.90 Å². The van der Waals surface area contributed by atoms with E-state index in [4.69, 9.17) is 11.6 Å². The number of rotatable bonds is 5. The second-order valence-electron chi connectivity index (χ2n) is 7.40. The molecule has 2 amide bonds. The average Bonchev–Trinajstić information content (AvgIpc) is 3.02. The van der Waals surface area contributed by atoms with E-state index >= 15 is 0 Å². The van der Waals surface area contributed by atoms with Crippen LogP contribution in [-0.2, 0) is 16.1 Å². The first-order chi connectivity index (χ1) is 14.9. The molecule has 0 N–H and O–H groups in total. The zero-order valence-corrected chi connectivity index (χ0v) is 17.9. The second-order valence-corrected chi connectivity index (χ2v) is 7.81. The summed E-state index contributed by atoms with van der Waals surface area (Å²) < 4.78 is 13.5. The molecular formula is C25H20ClFN2O2. The smallest absolute Gasteiger partial charge is 0.282 e. The maximum absolute atomic E-state index is 13.6. The van der Waals surface area contributed by atoms with Crippen molar-refractivity contribution in [2.24, 2.45) is 0 Å². The van der Waals surface area contributed by atoms with Crippen molar-refractivity contribution in [3.8, 4) is 0 Å². The fourth-order valence-electron chi connectivity index (χ4n) is 3.74. The molecule has 1 heterocycles. The third-order valence-corrected chi connectivity index (χ3v) is 5.73. The van der Waals surface area contributed by atoms with Crippen molar-refractivity contribution >= 4 is 34.7 Å². The summed E-state index contributed by atoms with van der Waals surface area (Å²) in [6, 6.07) is 20.4. The molecule has 0 radical (unpaired) electrons. The lowest BCUT2D eigenvalue weighted by atomic mass is 10.0. The zero-order chi connectivity index (χ0) is 22.1. The van der Waals surface area contributed by atoms with Gasteiger partial charge < -0.3 is 4.90 Å². The van der Waals surface area contributed by atoms with Crippen LogP contribution in [-0.4, -0.2) is 23.8 Å². The molecule has 0 unspecified atom stereocenters. The summed E-state index contributed by atoms with van der Waals surface area (Å²) in [5, 5.41) is 0.465. The van der Waals surface area contributed by atoms with Gasteiger partial charge in [0.1, 0.15) is 11.5 Å². The van der Waals surface area contributed by atoms with Crippen LogP contribution in [0.15, 0.2) is 78.5 Å². The molecule has 1 aliphatic rings. The molecule has 1 aliphatic heterocycles. The van der Waals surface area contributed by atoms with Crippen molar-refractivity contribution in [3.05, 3.63) is 106 Å². The van der Waals surface area contributed by atoms with Gasteiger partial charge in [-0.15, -0.1) is 0 Å². The predicted octanol–water partition coefficient (Wildman–Crippen LogP) is 5.20. The highest BCUT2D eigenvalue weighted by Crippen LogP contribution is 2.37. The lowest BCUT2D eigenvalue weighted by Gasteiger charge is -2.22. The summed E-state index contributed by atoms with van der Waals surface area (Å²) >= 11 is 6.25. The van der Waals surface area contributed by atoms with E-state index in [1.807, 2.05) is 30.3 Å². The minimum absolute atomic E-state index is 0.239. The monoisotopic (exact) mass is 434 g/mol. The molecule has 3 aromatic carbocycles. The summed E-state index contributed by atoms with van der Waals surface area (Å²) in [4.78, 5) is 30.0. The molecule has 0 bridgehead atoms. The number of carbonyl (C=O) groups is 2. The molecule has 0 fully saturated rings. The number of nitrogens with zero attached hydrogens (tertiary/aromatic N) is 2. The van der Waals surface area contributed by atoms with E-state index < -0.39 is 17.6 Å². The van der Waals surface area contributed by atoms with Gasteiger partial charge in [-0.1, -0.05) is 60.1 Å². The van der Waals surface area contributed by atoms with Gasteiger partial charge in [-0.25, -0.2) is 9.29 Å². The largest absolute Gasteiger partial charge is 0.365 e. The van der Waals surface area contributed by atoms with Gasteiger partial charge in [-0.3, -0.25) is 9.59 Å². The second kappa shape index (κ2) is 8.36. The fraction of sp³-hybridized carbons (Fsp3) is 0.120. The maximum atomic E-state index is 13.6. The van der Waals surface area contributed by atoms with Gasteiger partial charge in [0.2, 0.25) is 0 Å². The number of hydrogen-bond acceptors (Lipinski definition) is 3. The Morgan fingerprint density at radius 1 is 0.903 bits per heavy atom. The van der Waals surface area contributed by atoms with E-state index in [1.54, 1.807) is 37.1 Å². The highest BCUT2D eigenvalue weighted by atomic mass is 35.5. The van der Waals surface area contributed by atoms with Crippen LogP contribution in [0.3, 0.4) is 0 Å². The molecule has 3 aromatic rings. The van der Waals surface area contributed by atoms with Gasteiger partial charge >= 0.3 is 0 Å². The van der Waals surface area contributed by atoms with Gasteiger partial charge in [-0.05, 0) is 47.9 Å². The Bertz CT molecular complexity index is 1190. The molecule has 6 heteroatoms. The molecular weight excluding hydrogens is 415 g/mol. The topological polar surface area (TPSA) is 40.6 Å². The Kier molecular flexibility index (Phi) is 5.61. The van der Waals surface area contributed by atoms with Crippen molar-refractivity contribution < 1.29 is 14.0 Å². The quantitative estimate of drug-likeness (QED) is 0.518. The number of benzene rings is 3. The first-order valence-corrected chi connectivity index (χ1v) is 10.2. The minimum atomic E-state index is -0.461. The van der Waals surface area contributed by atoms with Crippen molar-refractivity contribution in [2.75, 3.05) is 11.9 Å². The Hall–Kier alpha value is -3.44. The number of imide groups is 1. The Morgan fingerprint density at radius 2 is 1.58 bits per heavy atom. The first kappa shape index (κ1) is 20.8. The third-order valence-electron chi connectivity index (χ3n) is 5.32. The van der Waals surface area contributed by atoms with E-state index in [1.165, 1.54) is 24.3 Å². The SMILES string of the molecule is Cc1c(Cl)cccc1N1C(=O)C(c2ccc(F)cc2)=C(N(C)Cc2ccccc2)C1=O. The number of anilines is 1. The molecule has 0 aliphatic carbocycles. The normalized spacial score (nSPS) is 13.9. The summed E-state index contributed by atoms with van der Waals surface area (Å²) in [6.07, 6.45) is 0. The molecule has 4 rings (SSSR count). The molecule has 0 aromatic heterocycles. The average molecular weight is 435 g/mol. The van der Waals surface area contributed by atoms with Crippen LogP contribution in [0.1, 0.15) is 16.7 Å². The number of likely N-dealkylation sites (N-methyl/N-ethyl adjacent to an activating group) is 1. The highest BCUT2D eigenvalue weighted by Gasteiger charge is 2.42. The maximum Gasteiger partial charge on any atom is 0.282 e. The van der Waals surface area contributed by atoms with Crippen LogP contribution in [0.5, 0.6) is 0 Å². The Labute approximate surface area is 185 Å². The van der Waals surface area contributed by atoms with Gasteiger partial charge in [0.25, 0.3) is 11.8 Å². The first-order valence-electron chi connectivity index (χ1n) is 9.77. The fourth-order valence-corrected chi connectivity index (χ4v) is 3.91. The number of hydrogen-bond donors (Lipinski definition) is 0. The van der Waals surface area contributed by atoms with Crippen LogP contribution >= 0.6 is 11.6 Å². The lowest BCUT2D eigenvalue weighted by molar-refractivity contribution is -0.120. The zero-order valence-electron chi connectivity index (χ0n) is 17.1. The van der Waals surface area contributed by atoms with Crippen LogP contribution < -0.4 is 4.90 Å². The standard InChI is InChI=1S/C25H20ClFN2O2/c1-16-20(26)9-6-10-21(16)29-24(30)22(18-11-13-19(27)14-12-18)23(25(29)31)28(2)15-17-7-4-3-5-8-17/h3-14H,15H2,1-2H3. The van der Waals surface area contributed by atoms with E-state index in [0.29, 0.717) is 28.4 Å². The van der Waals surface area contributed by atoms with Gasteiger partial charge in [-0.2, -0.15) is 0 Å². The van der Waals surface area contributed by atoms with Crippen molar-refractivity contribution in [2.45, 2.75) is 13.5 Å². The van der Waals surface area contributed by atoms with Gasteiger partial charge in [0.15, 0.2) is 0 Å². The summed E-state index contributed by atoms with van der Waals surface area (Å²) in [5.74, 6) is -1.31. The van der Waals surface area contributed by atoms with Crippen LogP contribution in [0, 0.1) is 12.7 Å². The molecule has 0 atom stereocenters. The molecule has 4 nitrogen and oxygen atoms in total. The highest BCUT2D eigenvalue weighted by molar-refractivity contribution is 6.45. The van der Waals surface area contributed by atoms with Gasteiger partial charge in [0, 0.05) is 18.6 Å². The Balaban J connectivity index is 1.83. The van der Waals surface area contributed by atoms with E-state index in [9.17, 15) is 14.0 Å². The summed E-state index contributed by atoms with van der Waals surface area (Å²) in [6.45, 7) is 2.20. The van der Waals surface area contributed by atoms with Gasteiger partial charge in [0.05, 0.1) is 11.3 Å². The summed E-state index contributed by atoms with van der Waals surface area (Å²) in [5.41, 5.74) is 3.05. The summed E-state index contributed by atoms with van der Waals surface area (Å²) in [7, 11) is 1.77. The van der Waals surface area contributed by atoms with Crippen LogP contribution in [0.25, 0.3) is 5.57 Å². The van der Waals surface area contributed by atoms with Crippen LogP contribution in [0.2, 0.25) is 5.02 Å². The lowest BCUT2D eigenvalue weighted by Crippen LogP contribution is -2.34. The molecule has 31 heavy (non-hydrogen) atoms. The van der Waals surface area contributed by atoms with E-state index in [0.717, 1.165) is 10.5 Å². The molecule has 0 saturated heterocycles. The molecule has 0 spiro atoms. The van der Waals surface area contributed by atoms with E-state index in [2.05, 4.69) is 0 Å². The minimum Gasteiger partial charge on any atom is -0.365 e. The predicted molar refractivity (Wildman–Crippen MR) is 120 cm³/mol. The van der Waals surface area contributed by atoms with Crippen molar-refractivity contribution in [1.29, 1.82) is 0 Å². The van der Waals surface area contributed by atoms with Crippen molar-refractivity contribution in [3.63, 3.8) is 0 Å². The molecule has 156 valence electrons. The Morgan fingerprint density at radius 3 is 2.26 bits per heavy atom. The number of carbonyl (C=O) groups excluding carboxylic acids is 2. The van der Waals surface area contributed by atoms with E-state index in [-0.39, 0.29) is 11.3 Å². The van der Waals surface area contributed by atoms with Crippen LogP contribution in [0.4, 0.5) is 10.1 Å².